The number of amides is 1. The number of carbonyl (C=O) groups is 2. The Morgan fingerprint density at radius 3 is 2.69 bits per heavy atom. The molecular formula is C19H23N3O4. The Labute approximate surface area is 152 Å². The first-order chi connectivity index (χ1) is 12.5. The first-order valence-corrected chi connectivity index (χ1v) is 8.71. The quantitative estimate of drug-likeness (QED) is 0.795. The lowest BCUT2D eigenvalue weighted by molar-refractivity contribution is -0.144. The molecule has 26 heavy (non-hydrogen) atoms. The normalized spacial score (nSPS) is 16.3. The van der Waals surface area contributed by atoms with Crippen molar-refractivity contribution < 1.29 is 19.4 Å². The van der Waals surface area contributed by atoms with E-state index in [0.717, 1.165) is 24.0 Å². The number of alkyl carbamates (subject to hydrolysis) is 1. The molecule has 138 valence electrons. The number of aliphatic carboxylic acids is 1. The van der Waals surface area contributed by atoms with Gasteiger partial charge in [-0.3, -0.25) is 4.68 Å². The molecule has 1 aliphatic carbocycles. The first kappa shape index (κ1) is 18.0. The van der Waals surface area contributed by atoms with Gasteiger partial charge in [-0.2, -0.15) is 5.10 Å². The number of nitrogens with zero attached hydrogens (tertiary/aromatic N) is 2. The maximum absolute atomic E-state index is 12.1. The summed E-state index contributed by atoms with van der Waals surface area (Å²) in [6, 6.07) is 9.21. The van der Waals surface area contributed by atoms with Crippen molar-refractivity contribution in [3.05, 3.63) is 53.9 Å². The van der Waals surface area contributed by atoms with Gasteiger partial charge >= 0.3 is 12.1 Å². The lowest BCUT2D eigenvalue weighted by Crippen LogP contribution is -2.55. The Morgan fingerprint density at radius 2 is 2.08 bits per heavy atom. The fraction of sp³-hybridized carbons (Fsp3) is 0.421. The van der Waals surface area contributed by atoms with Gasteiger partial charge in [0.05, 0.1) is 12.7 Å². The van der Waals surface area contributed by atoms with Crippen LogP contribution in [-0.2, 0) is 22.7 Å². The van der Waals surface area contributed by atoms with Gasteiger partial charge in [-0.15, -0.1) is 0 Å². The molecule has 1 atom stereocenters. The molecule has 1 heterocycles. The molecule has 1 unspecified atom stereocenters. The molecule has 0 spiro atoms. The van der Waals surface area contributed by atoms with Gasteiger partial charge in [-0.05, 0) is 36.8 Å². The number of carboxylic acids is 1. The third kappa shape index (κ3) is 4.22. The number of carbonyl (C=O) groups excluding carboxylic acids is 1. The Balaban J connectivity index is 1.60. The lowest BCUT2D eigenvalue weighted by Gasteiger charge is -2.26. The van der Waals surface area contributed by atoms with Crippen LogP contribution in [0.3, 0.4) is 0 Å². The minimum atomic E-state index is -1.52. The van der Waals surface area contributed by atoms with Gasteiger partial charge in [-0.1, -0.05) is 36.8 Å². The highest BCUT2D eigenvalue weighted by Gasteiger charge is 2.36. The number of aromatic nitrogens is 2. The predicted molar refractivity (Wildman–Crippen MR) is 94.6 cm³/mol. The number of carboxylic acid groups (broad SMARTS) is 1. The Bertz CT molecular complexity index is 770. The maximum atomic E-state index is 12.1. The minimum absolute atomic E-state index is 0.0233. The number of ether oxygens (including phenoxy) is 1. The van der Waals surface area contributed by atoms with Gasteiger partial charge in [-0.25, -0.2) is 9.59 Å². The number of rotatable bonds is 7. The number of hydrogen-bond acceptors (Lipinski definition) is 4. The summed E-state index contributed by atoms with van der Waals surface area (Å²) >= 11 is 0. The second-order valence-corrected chi connectivity index (χ2v) is 6.92. The largest absolute Gasteiger partial charge is 0.479 e. The van der Waals surface area contributed by atoms with Gasteiger partial charge < -0.3 is 15.2 Å². The van der Waals surface area contributed by atoms with Crippen molar-refractivity contribution in [3.8, 4) is 0 Å². The van der Waals surface area contributed by atoms with E-state index in [1.54, 1.807) is 10.9 Å². The van der Waals surface area contributed by atoms with Crippen LogP contribution in [0.2, 0.25) is 0 Å². The predicted octanol–water partition coefficient (Wildman–Crippen LogP) is 2.92. The second kappa shape index (κ2) is 7.59. The third-order valence-corrected chi connectivity index (χ3v) is 4.77. The van der Waals surface area contributed by atoms with Crippen LogP contribution in [0.5, 0.6) is 0 Å². The van der Waals surface area contributed by atoms with Crippen molar-refractivity contribution in [3.63, 3.8) is 0 Å². The van der Waals surface area contributed by atoms with E-state index >= 15 is 0 Å². The van der Waals surface area contributed by atoms with Crippen LogP contribution < -0.4 is 5.32 Å². The molecule has 2 aromatic rings. The highest BCUT2D eigenvalue weighted by atomic mass is 16.5. The van der Waals surface area contributed by atoms with Crippen molar-refractivity contribution in [1.29, 1.82) is 0 Å². The Kier molecular flexibility index (Phi) is 5.25. The zero-order valence-electron chi connectivity index (χ0n) is 14.7. The van der Waals surface area contributed by atoms with Crippen LogP contribution in [-0.4, -0.2) is 32.5 Å². The van der Waals surface area contributed by atoms with Crippen LogP contribution in [0, 0.1) is 0 Å². The van der Waals surface area contributed by atoms with E-state index in [4.69, 9.17) is 4.74 Å². The summed E-state index contributed by atoms with van der Waals surface area (Å²) in [5.41, 5.74) is 0.434. The first-order valence-electron chi connectivity index (χ1n) is 8.71. The van der Waals surface area contributed by atoms with Crippen LogP contribution in [0.25, 0.3) is 0 Å². The van der Waals surface area contributed by atoms with Crippen molar-refractivity contribution in [2.45, 2.75) is 50.8 Å². The molecule has 1 aromatic heterocycles. The molecule has 0 bridgehead atoms. The van der Waals surface area contributed by atoms with E-state index in [9.17, 15) is 14.7 Å². The zero-order chi connectivity index (χ0) is 18.6. The summed E-state index contributed by atoms with van der Waals surface area (Å²) in [5.74, 6) is -0.626. The lowest BCUT2D eigenvalue weighted by atomic mass is 9.81. The molecule has 1 amide bonds. The van der Waals surface area contributed by atoms with Crippen LogP contribution >= 0.6 is 0 Å². The molecule has 0 saturated heterocycles. The van der Waals surface area contributed by atoms with Gasteiger partial charge in [0.15, 0.2) is 5.54 Å². The SMILES string of the molecule is CC(Cn1cc(C2CCC2)cn1)(NC(=O)OCc1ccccc1)C(=O)O. The molecule has 7 heteroatoms. The van der Waals surface area contributed by atoms with Crippen molar-refractivity contribution in [2.24, 2.45) is 0 Å². The highest BCUT2D eigenvalue weighted by Crippen LogP contribution is 2.35. The van der Waals surface area contributed by atoms with Gasteiger partial charge in [0.2, 0.25) is 0 Å². The smallest absolute Gasteiger partial charge is 0.408 e. The molecule has 3 rings (SSSR count). The average molecular weight is 357 g/mol. The highest BCUT2D eigenvalue weighted by molar-refractivity contribution is 5.83. The number of benzene rings is 1. The topological polar surface area (TPSA) is 93.5 Å². The van der Waals surface area contributed by atoms with E-state index in [2.05, 4.69) is 10.4 Å². The summed E-state index contributed by atoms with van der Waals surface area (Å²) < 4.78 is 6.71. The molecule has 1 saturated carbocycles. The number of nitrogens with one attached hydrogen (secondary N) is 1. The fourth-order valence-corrected chi connectivity index (χ4v) is 2.89. The van der Waals surface area contributed by atoms with Crippen molar-refractivity contribution >= 4 is 12.1 Å². The summed E-state index contributed by atoms with van der Waals surface area (Å²) in [7, 11) is 0. The molecular weight excluding hydrogens is 334 g/mol. The molecule has 7 nitrogen and oxygen atoms in total. The van der Waals surface area contributed by atoms with Gasteiger partial charge in [0.1, 0.15) is 6.61 Å². The molecule has 1 fully saturated rings. The molecule has 2 N–H and O–H groups in total. The minimum Gasteiger partial charge on any atom is -0.479 e. The fourth-order valence-electron chi connectivity index (χ4n) is 2.89. The van der Waals surface area contributed by atoms with E-state index < -0.39 is 17.6 Å². The molecule has 1 aromatic carbocycles. The molecule has 1 aliphatic rings. The van der Waals surface area contributed by atoms with E-state index in [0.29, 0.717) is 5.92 Å². The summed E-state index contributed by atoms with van der Waals surface area (Å²) in [4.78, 5) is 23.8. The molecule has 0 radical (unpaired) electrons. The van der Waals surface area contributed by atoms with E-state index in [1.807, 2.05) is 36.5 Å². The van der Waals surface area contributed by atoms with Crippen molar-refractivity contribution in [1.82, 2.24) is 15.1 Å². The Hall–Kier alpha value is -2.83. The summed E-state index contributed by atoms with van der Waals surface area (Å²) in [6.07, 6.45) is 6.38. The van der Waals surface area contributed by atoms with Crippen LogP contribution in [0.4, 0.5) is 4.79 Å². The number of hydrogen-bond donors (Lipinski definition) is 2. The summed E-state index contributed by atoms with van der Waals surface area (Å²) in [6.45, 7) is 1.55. The maximum Gasteiger partial charge on any atom is 0.408 e. The van der Waals surface area contributed by atoms with E-state index in [1.165, 1.54) is 13.3 Å². The summed E-state index contributed by atoms with van der Waals surface area (Å²) in [5, 5.41) is 16.3. The monoisotopic (exact) mass is 357 g/mol. The zero-order valence-corrected chi connectivity index (χ0v) is 14.7. The third-order valence-electron chi connectivity index (χ3n) is 4.77. The standard InChI is InChI=1S/C19H23N3O4/c1-19(17(23)24,13-22-11-16(10-20-22)15-8-5-9-15)21-18(25)26-12-14-6-3-2-4-7-14/h2-4,6-7,10-11,15H,5,8-9,12-13H2,1H3,(H,21,25)(H,23,24). The second-order valence-electron chi connectivity index (χ2n) is 6.92. The molecule has 0 aliphatic heterocycles. The average Bonchev–Trinajstić information content (AvgIpc) is 2.99. The van der Waals surface area contributed by atoms with Gasteiger partial charge in [0.25, 0.3) is 0 Å². The van der Waals surface area contributed by atoms with E-state index in [-0.39, 0.29) is 13.2 Å². The van der Waals surface area contributed by atoms with Gasteiger partial charge in [0, 0.05) is 6.20 Å². The van der Waals surface area contributed by atoms with Crippen LogP contribution in [0.1, 0.15) is 43.2 Å². The van der Waals surface area contributed by atoms with Crippen molar-refractivity contribution in [2.75, 3.05) is 0 Å². The Morgan fingerprint density at radius 1 is 1.35 bits per heavy atom. The van der Waals surface area contributed by atoms with Crippen LogP contribution in [0.15, 0.2) is 42.7 Å².